The van der Waals surface area contributed by atoms with Gasteiger partial charge in [-0.2, -0.15) is 0 Å². The SMILES string of the molecule is CC(NC(=O)[C@H](N)C(C)C)c1cccc2ccccc12. The zero-order valence-electron chi connectivity index (χ0n) is 12.3. The van der Waals surface area contributed by atoms with Crippen LogP contribution in [-0.4, -0.2) is 11.9 Å². The molecular formula is C17H22N2O. The van der Waals surface area contributed by atoms with Crippen molar-refractivity contribution < 1.29 is 4.79 Å². The van der Waals surface area contributed by atoms with Crippen LogP contribution in [0.5, 0.6) is 0 Å². The molecule has 0 saturated heterocycles. The summed E-state index contributed by atoms with van der Waals surface area (Å²) >= 11 is 0. The molecule has 3 nitrogen and oxygen atoms in total. The van der Waals surface area contributed by atoms with E-state index in [1.165, 1.54) is 10.8 Å². The lowest BCUT2D eigenvalue weighted by molar-refractivity contribution is -0.123. The second-order valence-corrected chi connectivity index (χ2v) is 5.57. The van der Waals surface area contributed by atoms with Gasteiger partial charge in [-0.05, 0) is 29.2 Å². The molecule has 20 heavy (non-hydrogen) atoms. The van der Waals surface area contributed by atoms with Crippen LogP contribution in [0.3, 0.4) is 0 Å². The Morgan fingerprint density at radius 3 is 2.40 bits per heavy atom. The molecule has 2 aromatic carbocycles. The second kappa shape index (κ2) is 6.06. The number of fused-ring (bicyclic) bond motifs is 1. The molecule has 3 N–H and O–H groups in total. The zero-order valence-corrected chi connectivity index (χ0v) is 12.3. The maximum atomic E-state index is 12.1. The van der Waals surface area contributed by atoms with E-state index in [2.05, 4.69) is 23.5 Å². The minimum Gasteiger partial charge on any atom is -0.348 e. The fourth-order valence-corrected chi connectivity index (χ4v) is 2.32. The van der Waals surface area contributed by atoms with E-state index in [0.717, 1.165) is 5.56 Å². The molecule has 0 aliphatic rings. The van der Waals surface area contributed by atoms with Crippen molar-refractivity contribution in [2.75, 3.05) is 0 Å². The molecule has 0 aliphatic heterocycles. The summed E-state index contributed by atoms with van der Waals surface area (Å²) in [6.45, 7) is 5.90. The van der Waals surface area contributed by atoms with Crippen molar-refractivity contribution in [2.45, 2.75) is 32.9 Å². The molecule has 1 unspecified atom stereocenters. The lowest BCUT2D eigenvalue weighted by atomic mass is 9.98. The van der Waals surface area contributed by atoms with E-state index in [1.807, 2.05) is 45.0 Å². The van der Waals surface area contributed by atoms with E-state index in [4.69, 9.17) is 5.73 Å². The summed E-state index contributed by atoms with van der Waals surface area (Å²) in [7, 11) is 0. The number of amides is 1. The van der Waals surface area contributed by atoms with E-state index < -0.39 is 6.04 Å². The first-order chi connectivity index (χ1) is 9.50. The van der Waals surface area contributed by atoms with Gasteiger partial charge in [0.2, 0.25) is 5.91 Å². The van der Waals surface area contributed by atoms with Crippen molar-refractivity contribution in [3.63, 3.8) is 0 Å². The quantitative estimate of drug-likeness (QED) is 0.897. The van der Waals surface area contributed by atoms with Crippen molar-refractivity contribution >= 4 is 16.7 Å². The van der Waals surface area contributed by atoms with E-state index >= 15 is 0 Å². The smallest absolute Gasteiger partial charge is 0.237 e. The van der Waals surface area contributed by atoms with Crippen LogP contribution in [0, 0.1) is 5.92 Å². The summed E-state index contributed by atoms with van der Waals surface area (Å²) in [5, 5.41) is 5.35. The molecule has 106 valence electrons. The monoisotopic (exact) mass is 270 g/mol. The third-order valence-corrected chi connectivity index (χ3v) is 3.67. The fourth-order valence-electron chi connectivity index (χ4n) is 2.32. The maximum Gasteiger partial charge on any atom is 0.237 e. The van der Waals surface area contributed by atoms with Crippen LogP contribution in [0.4, 0.5) is 0 Å². The van der Waals surface area contributed by atoms with Crippen LogP contribution in [0.15, 0.2) is 42.5 Å². The topological polar surface area (TPSA) is 55.1 Å². The molecule has 0 aromatic heterocycles. The Bertz CT molecular complexity index is 601. The molecule has 0 aliphatic carbocycles. The normalized spacial score (nSPS) is 14.2. The summed E-state index contributed by atoms with van der Waals surface area (Å²) in [4.78, 5) is 12.1. The molecule has 1 amide bonds. The van der Waals surface area contributed by atoms with Gasteiger partial charge < -0.3 is 11.1 Å². The molecule has 2 aromatic rings. The van der Waals surface area contributed by atoms with Crippen molar-refractivity contribution in [1.82, 2.24) is 5.32 Å². The van der Waals surface area contributed by atoms with Gasteiger partial charge in [0.25, 0.3) is 0 Å². The molecule has 0 spiro atoms. The Morgan fingerprint density at radius 2 is 1.70 bits per heavy atom. The molecule has 0 bridgehead atoms. The van der Waals surface area contributed by atoms with Gasteiger partial charge in [0, 0.05) is 0 Å². The largest absolute Gasteiger partial charge is 0.348 e. The number of nitrogens with two attached hydrogens (primary N) is 1. The molecular weight excluding hydrogens is 248 g/mol. The van der Waals surface area contributed by atoms with Crippen LogP contribution in [-0.2, 0) is 4.79 Å². The summed E-state index contributed by atoms with van der Waals surface area (Å²) in [6.07, 6.45) is 0. The first-order valence-electron chi connectivity index (χ1n) is 7.04. The molecule has 3 heteroatoms. The van der Waals surface area contributed by atoms with Gasteiger partial charge >= 0.3 is 0 Å². The Balaban J connectivity index is 2.24. The number of rotatable bonds is 4. The zero-order chi connectivity index (χ0) is 14.7. The van der Waals surface area contributed by atoms with Gasteiger partial charge in [-0.25, -0.2) is 0 Å². The van der Waals surface area contributed by atoms with Gasteiger partial charge in [0.15, 0.2) is 0 Å². The first kappa shape index (κ1) is 14.5. The fraction of sp³-hybridized carbons (Fsp3) is 0.353. The Labute approximate surface area is 120 Å². The molecule has 0 saturated carbocycles. The number of benzene rings is 2. The van der Waals surface area contributed by atoms with Crippen LogP contribution < -0.4 is 11.1 Å². The van der Waals surface area contributed by atoms with Crippen LogP contribution in [0.1, 0.15) is 32.4 Å². The highest BCUT2D eigenvalue weighted by molar-refractivity contribution is 5.87. The van der Waals surface area contributed by atoms with E-state index in [9.17, 15) is 4.79 Å². The van der Waals surface area contributed by atoms with Crippen LogP contribution >= 0.6 is 0 Å². The summed E-state index contributed by atoms with van der Waals surface area (Å²) < 4.78 is 0. The predicted octanol–water partition coefficient (Wildman–Crippen LogP) is 3.00. The highest BCUT2D eigenvalue weighted by Gasteiger charge is 2.20. The van der Waals surface area contributed by atoms with E-state index in [1.54, 1.807) is 0 Å². The van der Waals surface area contributed by atoms with Gasteiger partial charge in [0.1, 0.15) is 0 Å². The number of hydrogen-bond acceptors (Lipinski definition) is 2. The van der Waals surface area contributed by atoms with Crippen molar-refractivity contribution in [1.29, 1.82) is 0 Å². The van der Waals surface area contributed by atoms with Crippen LogP contribution in [0.2, 0.25) is 0 Å². The van der Waals surface area contributed by atoms with Crippen LogP contribution in [0.25, 0.3) is 10.8 Å². The van der Waals surface area contributed by atoms with Gasteiger partial charge in [-0.3, -0.25) is 4.79 Å². The predicted molar refractivity (Wildman–Crippen MR) is 83.3 cm³/mol. The third-order valence-electron chi connectivity index (χ3n) is 3.67. The highest BCUT2D eigenvalue weighted by Crippen LogP contribution is 2.24. The Hall–Kier alpha value is -1.87. The van der Waals surface area contributed by atoms with Gasteiger partial charge in [-0.1, -0.05) is 56.3 Å². The molecule has 2 rings (SSSR count). The standard InChI is InChI=1S/C17H22N2O/c1-11(2)16(18)17(20)19-12(3)14-10-6-8-13-7-4-5-9-15(13)14/h4-12,16H,18H2,1-3H3,(H,19,20)/t12?,16-/m1/s1. The summed E-state index contributed by atoms with van der Waals surface area (Å²) in [5.74, 6) is 0.0372. The summed E-state index contributed by atoms with van der Waals surface area (Å²) in [6, 6.07) is 13.8. The average Bonchev–Trinajstić information content (AvgIpc) is 2.45. The first-order valence-corrected chi connectivity index (χ1v) is 7.04. The van der Waals surface area contributed by atoms with E-state index in [-0.39, 0.29) is 17.9 Å². The third kappa shape index (κ3) is 2.99. The maximum absolute atomic E-state index is 12.1. The minimum absolute atomic E-state index is 0.0570. The molecule has 0 fully saturated rings. The number of hydrogen-bond donors (Lipinski definition) is 2. The molecule has 2 atom stereocenters. The highest BCUT2D eigenvalue weighted by atomic mass is 16.2. The second-order valence-electron chi connectivity index (χ2n) is 5.57. The minimum atomic E-state index is -0.465. The number of carbonyl (C=O) groups is 1. The van der Waals surface area contributed by atoms with Crippen molar-refractivity contribution in [3.8, 4) is 0 Å². The number of nitrogens with one attached hydrogen (secondary N) is 1. The van der Waals surface area contributed by atoms with Gasteiger partial charge in [0.05, 0.1) is 12.1 Å². The Morgan fingerprint density at radius 1 is 1.05 bits per heavy atom. The lowest BCUT2D eigenvalue weighted by Crippen LogP contribution is -2.44. The summed E-state index contributed by atoms with van der Waals surface area (Å²) in [5.41, 5.74) is 7.00. The van der Waals surface area contributed by atoms with E-state index in [0.29, 0.717) is 0 Å². The lowest BCUT2D eigenvalue weighted by Gasteiger charge is -2.21. The van der Waals surface area contributed by atoms with Crippen molar-refractivity contribution in [3.05, 3.63) is 48.0 Å². The number of carbonyl (C=O) groups excluding carboxylic acids is 1. The molecule has 0 radical (unpaired) electrons. The Kier molecular flexibility index (Phi) is 4.40. The molecule has 0 heterocycles. The van der Waals surface area contributed by atoms with Crippen molar-refractivity contribution in [2.24, 2.45) is 11.7 Å². The van der Waals surface area contributed by atoms with Gasteiger partial charge in [-0.15, -0.1) is 0 Å². The average molecular weight is 270 g/mol.